The maximum Gasteiger partial charge on any atom is 0.306 e. The van der Waals surface area contributed by atoms with Gasteiger partial charge < -0.3 is 35.9 Å². The van der Waals surface area contributed by atoms with E-state index in [0.717, 1.165) is 141 Å². The van der Waals surface area contributed by atoms with Gasteiger partial charge in [0, 0.05) is 18.8 Å². The lowest BCUT2D eigenvalue weighted by molar-refractivity contribution is -0.662. The molecule has 6 N–H and O–H groups in total. The molecular formula is C66H114N2O8. The molecule has 0 radical (unpaired) electrons. The highest BCUT2D eigenvalue weighted by Crippen LogP contribution is 2.13. The third kappa shape index (κ3) is 75.7. The molecule has 0 amide bonds. The average molecular weight is 1060 g/mol. The quantitative estimate of drug-likeness (QED) is 0.0301. The van der Waals surface area contributed by atoms with Crippen molar-refractivity contribution >= 4 is 23.9 Å². The van der Waals surface area contributed by atoms with Gasteiger partial charge in [0.2, 0.25) is 0 Å². The number of hydrogen-bond donors (Lipinski definition) is 5. The van der Waals surface area contributed by atoms with E-state index in [4.69, 9.17) is 15.3 Å². The summed E-state index contributed by atoms with van der Waals surface area (Å²) in [4.78, 5) is 41.5. The zero-order valence-electron chi connectivity index (χ0n) is 49.2. The second-order valence-corrected chi connectivity index (χ2v) is 18.9. The van der Waals surface area contributed by atoms with Crippen molar-refractivity contribution in [3.05, 3.63) is 122 Å². The summed E-state index contributed by atoms with van der Waals surface area (Å²) in [5.41, 5.74) is 0. The van der Waals surface area contributed by atoms with Gasteiger partial charge in [-0.3, -0.25) is 14.4 Å². The molecule has 0 aromatic carbocycles. The molecule has 2 saturated heterocycles. The van der Waals surface area contributed by atoms with Crippen LogP contribution in [-0.4, -0.2) is 65.4 Å². The normalized spacial score (nSPS) is 13.9. The number of carbonyl (C=O) groups is 4. The predicted octanol–water partition coefficient (Wildman–Crippen LogP) is 15.7. The highest BCUT2D eigenvalue weighted by Gasteiger charge is 2.14. The molecule has 0 bridgehead atoms. The van der Waals surface area contributed by atoms with E-state index in [1.807, 2.05) is 27.7 Å². The van der Waals surface area contributed by atoms with Gasteiger partial charge in [0.25, 0.3) is 0 Å². The van der Waals surface area contributed by atoms with Crippen LogP contribution in [0.3, 0.4) is 0 Å². The van der Waals surface area contributed by atoms with Gasteiger partial charge in [0.1, 0.15) is 0 Å². The van der Waals surface area contributed by atoms with Gasteiger partial charge in [-0.2, -0.15) is 0 Å². The molecule has 2 aliphatic rings. The zero-order chi connectivity index (χ0) is 57.1. The lowest BCUT2D eigenvalue weighted by atomic mass is 9.99. The smallest absolute Gasteiger partial charge is 0.306 e. The first-order chi connectivity index (χ1) is 37.0. The van der Waals surface area contributed by atoms with Gasteiger partial charge in [-0.15, -0.1) is 0 Å². The monoisotopic (exact) mass is 1060 g/mol. The maximum atomic E-state index is 10.5. The number of carbonyl (C=O) groups excluding carboxylic acids is 1. The summed E-state index contributed by atoms with van der Waals surface area (Å²) in [6, 6.07) is 0. The van der Waals surface area contributed by atoms with Gasteiger partial charge in [0.05, 0.1) is 19.0 Å². The molecule has 10 nitrogen and oxygen atoms in total. The van der Waals surface area contributed by atoms with Crippen LogP contribution in [0.4, 0.5) is 0 Å². The first-order valence-corrected chi connectivity index (χ1v) is 29.9. The van der Waals surface area contributed by atoms with Crippen LogP contribution in [0, 0.1) is 11.8 Å². The van der Waals surface area contributed by atoms with Crippen LogP contribution in [-0.2, 0) is 19.2 Å². The Morgan fingerprint density at radius 1 is 0.421 bits per heavy atom. The first-order valence-electron chi connectivity index (χ1n) is 29.9. The van der Waals surface area contributed by atoms with E-state index >= 15 is 0 Å². The predicted molar refractivity (Wildman–Crippen MR) is 323 cm³/mol. The fourth-order valence-corrected chi connectivity index (χ4v) is 7.34. The molecule has 2 heterocycles. The Morgan fingerprint density at radius 2 is 0.711 bits per heavy atom. The fraction of sp³-hybridized carbons (Fsp3) is 0.636. The standard InChI is InChI=1S/2C20H30O2.2C8H16O2.2C5H11N/c2*1-2-3-4-5-6-7-8-9-10-11-12-13-14-15-16-17-18-19-20(21)22;2*1-3-5-7(6-4-2)8(9)10;2*1-2-4-6-5-3-1/h2*3-4,6-7,9-10,12-13,15-16H,2,5,8,11,14,17-19H2,1H3,(H,21,22);2*7H,3-6H2,1-2H3,(H,9,10);2*6H,1-5H2/b2*4-3-,7-6-,10-9-,13-12-,16-15-;;;;. The molecular weight excluding hydrogens is 949 g/mol. The Kier molecular flexibility index (Phi) is 71.8. The van der Waals surface area contributed by atoms with Crippen molar-refractivity contribution < 1.29 is 44.9 Å². The number of allylic oxidation sites excluding steroid dienone is 20. The molecule has 0 aliphatic carbocycles. The summed E-state index contributed by atoms with van der Waals surface area (Å²) in [6.07, 6.45) is 72.4. The number of carboxylic acids is 4. The Morgan fingerprint density at radius 3 is 0.908 bits per heavy atom. The van der Waals surface area contributed by atoms with Gasteiger partial charge >= 0.3 is 17.9 Å². The van der Waals surface area contributed by atoms with Crippen molar-refractivity contribution in [1.29, 1.82) is 0 Å². The lowest BCUT2D eigenvalue weighted by Gasteiger charge is -2.15. The average Bonchev–Trinajstić information content (AvgIpc) is 3.42. The van der Waals surface area contributed by atoms with Crippen molar-refractivity contribution in [3.8, 4) is 0 Å². The van der Waals surface area contributed by atoms with Crippen molar-refractivity contribution in [2.75, 3.05) is 26.2 Å². The summed E-state index contributed by atoms with van der Waals surface area (Å²) < 4.78 is 0. The van der Waals surface area contributed by atoms with E-state index in [0.29, 0.717) is 0 Å². The number of rotatable bonds is 36. The number of quaternary nitrogens is 1. The molecule has 0 aromatic rings. The molecule has 2 fully saturated rings. The Balaban J connectivity index is -0.000000440. The second-order valence-electron chi connectivity index (χ2n) is 18.9. The molecule has 2 rings (SSSR count). The van der Waals surface area contributed by atoms with E-state index in [9.17, 15) is 24.3 Å². The molecule has 76 heavy (non-hydrogen) atoms. The van der Waals surface area contributed by atoms with E-state index in [1.165, 1.54) is 64.7 Å². The van der Waals surface area contributed by atoms with Crippen LogP contribution in [0.1, 0.15) is 234 Å². The van der Waals surface area contributed by atoms with E-state index in [1.54, 1.807) is 0 Å². The molecule has 0 spiro atoms. The number of piperidine rings is 2. The van der Waals surface area contributed by atoms with Crippen LogP contribution in [0.2, 0.25) is 0 Å². The Bertz CT molecular complexity index is 1430. The van der Waals surface area contributed by atoms with E-state index in [-0.39, 0.29) is 24.7 Å². The van der Waals surface area contributed by atoms with Crippen LogP contribution < -0.4 is 15.7 Å². The lowest BCUT2D eigenvalue weighted by Crippen LogP contribution is -2.85. The van der Waals surface area contributed by atoms with E-state index in [2.05, 4.69) is 146 Å². The number of nitrogens with one attached hydrogen (secondary N) is 1. The summed E-state index contributed by atoms with van der Waals surface area (Å²) >= 11 is 0. The number of unbranched alkanes of at least 4 members (excludes halogenated alkanes) is 2. The Labute approximate surface area is 466 Å². The third-order valence-electron chi connectivity index (χ3n) is 11.6. The SMILES string of the molecule is C1CCNCC1.C1CC[NH2+]CC1.CC/C=C\C/C=C\C/C=C\C/C=C\C/C=C\CCCC(=O)O.CC/C=C\C/C=C\C/C=C\C/C=C\C/C=C\CCCC(=O)O.CCCC(CCC)C(=O)O.CCCC(CCC)C(=O)[O-]. The van der Waals surface area contributed by atoms with E-state index < -0.39 is 23.9 Å². The van der Waals surface area contributed by atoms with Gasteiger partial charge in [-0.25, -0.2) is 0 Å². The number of hydrogen-bond acceptors (Lipinski definition) is 6. The summed E-state index contributed by atoms with van der Waals surface area (Å²) in [6.45, 7) is 17.6. The van der Waals surface area contributed by atoms with Gasteiger partial charge in [0.15, 0.2) is 0 Å². The largest absolute Gasteiger partial charge is 0.550 e. The molecule has 0 aromatic heterocycles. The summed E-state index contributed by atoms with van der Waals surface area (Å²) in [7, 11) is 0. The minimum Gasteiger partial charge on any atom is -0.550 e. The minimum absolute atomic E-state index is 0.102. The molecule has 10 heteroatoms. The fourth-order valence-electron chi connectivity index (χ4n) is 7.34. The number of aliphatic carboxylic acids is 4. The second kappa shape index (κ2) is 70.2. The van der Waals surface area contributed by atoms with Crippen molar-refractivity contribution in [1.82, 2.24) is 5.32 Å². The van der Waals surface area contributed by atoms with Crippen molar-refractivity contribution in [2.45, 2.75) is 234 Å². The number of carboxylic acid groups (broad SMARTS) is 4. The number of nitrogens with two attached hydrogens (primary N) is 1. The first kappa shape index (κ1) is 77.7. The molecule has 0 atom stereocenters. The highest BCUT2D eigenvalue weighted by atomic mass is 16.4. The van der Waals surface area contributed by atoms with Crippen molar-refractivity contribution in [3.63, 3.8) is 0 Å². The van der Waals surface area contributed by atoms with Gasteiger partial charge in [-0.05, 0) is 167 Å². The van der Waals surface area contributed by atoms with Crippen LogP contribution in [0.25, 0.3) is 0 Å². The minimum atomic E-state index is -0.885. The van der Waals surface area contributed by atoms with Crippen LogP contribution in [0.15, 0.2) is 122 Å². The van der Waals surface area contributed by atoms with Crippen LogP contribution in [0.5, 0.6) is 0 Å². The Hall–Kier alpha value is -4.80. The molecule has 436 valence electrons. The molecule has 0 saturated carbocycles. The van der Waals surface area contributed by atoms with Crippen molar-refractivity contribution in [2.24, 2.45) is 11.8 Å². The topological polar surface area (TPSA) is 181 Å². The van der Waals surface area contributed by atoms with Gasteiger partial charge in [-0.1, -0.05) is 195 Å². The summed E-state index contributed by atoms with van der Waals surface area (Å²) in [5.74, 6) is -3.27. The highest BCUT2D eigenvalue weighted by molar-refractivity contribution is 5.69. The maximum absolute atomic E-state index is 10.5. The van der Waals surface area contributed by atoms with Crippen LogP contribution >= 0.6 is 0 Å². The molecule has 2 aliphatic heterocycles. The zero-order valence-corrected chi connectivity index (χ0v) is 49.2. The summed E-state index contributed by atoms with van der Waals surface area (Å²) in [5, 5.41) is 41.7. The third-order valence-corrected chi connectivity index (χ3v) is 11.6. The molecule has 0 unspecified atom stereocenters.